The first kappa shape index (κ1) is 14.8. The van der Waals surface area contributed by atoms with Gasteiger partial charge < -0.3 is 10.2 Å². The van der Waals surface area contributed by atoms with Crippen LogP contribution < -0.4 is 5.32 Å². The van der Waals surface area contributed by atoms with Crippen LogP contribution in [0.4, 0.5) is 5.95 Å². The summed E-state index contributed by atoms with van der Waals surface area (Å²) in [6.07, 6.45) is 6.14. The molecule has 0 spiro atoms. The van der Waals surface area contributed by atoms with E-state index in [9.17, 15) is 4.79 Å². The van der Waals surface area contributed by atoms with Crippen LogP contribution in [0, 0.1) is 5.92 Å². The van der Waals surface area contributed by atoms with Crippen LogP contribution in [0.15, 0.2) is 12.3 Å². The molecule has 1 atom stereocenters. The summed E-state index contributed by atoms with van der Waals surface area (Å²) < 4.78 is 0. The Morgan fingerprint density at radius 1 is 1.55 bits per heavy atom. The van der Waals surface area contributed by atoms with Crippen molar-refractivity contribution in [1.29, 1.82) is 0 Å². The van der Waals surface area contributed by atoms with Crippen LogP contribution in [0.25, 0.3) is 0 Å². The van der Waals surface area contributed by atoms with E-state index in [1.807, 2.05) is 4.90 Å². The number of unbranched alkanes of at least 4 members (excludes halogenated alkanes) is 1. The third-order valence-electron chi connectivity index (χ3n) is 3.63. The van der Waals surface area contributed by atoms with Gasteiger partial charge in [-0.25, -0.2) is 9.97 Å². The van der Waals surface area contributed by atoms with Gasteiger partial charge in [-0.2, -0.15) is 0 Å². The molecule has 1 aromatic heterocycles. The van der Waals surface area contributed by atoms with Gasteiger partial charge in [0.1, 0.15) is 5.69 Å². The molecule has 1 aliphatic heterocycles. The van der Waals surface area contributed by atoms with Gasteiger partial charge in [0, 0.05) is 25.8 Å². The second-order valence-electron chi connectivity index (χ2n) is 5.54. The summed E-state index contributed by atoms with van der Waals surface area (Å²) in [5.41, 5.74) is 0.494. The van der Waals surface area contributed by atoms with Gasteiger partial charge in [0.15, 0.2) is 0 Å². The summed E-state index contributed by atoms with van der Waals surface area (Å²) in [7, 11) is 0. The van der Waals surface area contributed by atoms with Crippen LogP contribution >= 0.6 is 0 Å². The lowest BCUT2D eigenvalue weighted by molar-refractivity contribution is 0.0677. The summed E-state index contributed by atoms with van der Waals surface area (Å²) in [4.78, 5) is 22.8. The number of rotatable bonds is 5. The Morgan fingerprint density at radius 2 is 2.40 bits per heavy atom. The highest BCUT2D eigenvalue weighted by atomic mass is 16.2. The zero-order valence-electron chi connectivity index (χ0n) is 12.4. The molecule has 0 saturated carbocycles. The summed E-state index contributed by atoms with van der Waals surface area (Å²) in [6.45, 7) is 6.85. The van der Waals surface area contributed by atoms with Crippen LogP contribution in [0.2, 0.25) is 0 Å². The fraction of sp³-hybridized carbons (Fsp3) is 0.667. The third-order valence-corrected chi connectivity index (χ3v) is 3.63. The Morgan fingerprint density at radius 3 is 3.15 bits per heavy atom. The molecule has 0 radical (unpaired) electrons. The van der Waals surface area contributed by atoms with Gasteiger partial charge in [-0.3, -0.25) is 4.79 Å². The van der Waals surface area contributed by atoms with E-state index < -0.39 is 0 Å². The summed E-state index contributed by atoms with van der Waals surface area (Å²) in [6, 6.07) is 1.70. The van der Waals surface area contributed by atoms with Crippen molar-refractivity contribution < 1.29 is 4.79 Å². The number of likely N-dealkylation sites (tertiary alicyclic amines) is 1. The summed E-state index contributed by atoms with van der Waals surface area (Å²) in [5.74, 6) is 1.16. The number of nitrogens with one attached hydrogen (secondary N) is 1. The number of piperidine rings is 1. The smallest absolute Gasteiger partial charge is 0.272 e. The van der Waals surface area contributed by atoms with E-state index in [1.165, 1.54) is 6.42 Å². The van der Waals surface area contributed by atoms with Gasteiger partial charge in [0.05, 0.1) is 0 Å². The standard InChI is InChI=1S/C15H24N4O/c1-3-4-8-16-15-17-9-7-13(18-15)14(20)19-10-5-6-12(2)11-19/h7,9,12H,3-6,8,10-11H2,1-2H3,(H,16,17,18). The average Bonchev–Trinajstić information content (AvgIpc) is 2.47. The SMILES string of the molecule is CCCCNc1nccc(C(=O)N2CCCC(C)C2)n1. The van der Waals surface area contributed by atoms with Crippen molar-refractivity contribution >= 4 is 11.9 Å². The predicted molar refractivity (Wildman–Crippen MR) is 79.7 cm³/mol. The maximum Gasteiger partial charge on any atom is 0.272 e. The summed E-state index contributed by atoms with van der Waals surface area (Å²) >= 11 is 0. The number of hydrogen-bond donors (Lipinski definition) is 1. The lowest BCUT2D eigenvalue weighted by Crippen LogP contribution is -2.39. The second-order valence-corrected chi connectivity index (χ2v) is 5.54. The third kappa shape index (κ3) is 3.92. The largest absolute Gasteiger partial charge is 0.354 e. The number of anilines is 1. The van der Waals surface area contributed by atoms with E-state index >= 15 is 0 Å². The Hall–Kier alpha value is -1.65. The molecule has 1 N–H and O–H groups in total. The zero-order valence-corrected chi connectivity index (χ0v) is 12.4. The zero-order chi connectivity index (χ0) is 14.4. The highest BCUT2D eigenvalue weighted by Crippen LogP contribution is 2.17. The quantitative estimate of drug-likeness (QED) is 0.840. The molecule has 0 bridgehead atoms. The normalized spacial score (nSPS) is 18.9. The van der Waals surface area contributed by atoms with Crippen LogP contribution in [-0.4, -0.2) is 40.4 Å². The van der Waals surface area contributed by atoms with E-state index in [2.05, 4.69) is 29.1 Å². The minimum Gasteiger partial charge on any atom is -0.354 e. The van der Waals surface area contributed by atoms with E-state index in [0.29, 0.717) is 17.6 Å². The molecule has 2 heterocycles. The molecule has 5 nitrogen and oxygen atoms in total. The number of nitrogens with zero attached hydrogens (tertiary/aromatic N) is 3. The topological polar surface area (TPSA) is 58.1 Å². The number of carbonyl (C=O) groups is 1. The van der Waals surface area contributed by atoms with E-state index in [4.69, 9.17) is 0 Å². The van der Waals surface area contributed by atoms with Gasteiger partial charge in [0.25, 0.3) is 5.91 Å². The van der Waals surface area contributed by atoms with E-state index in [0.717, 1.165) is 38.9 Å². The predicted octanol–water partition coefficient (Wildman–Crippen LogP) is 2.56. The minimum atomic E-state index is 0.0255. The highest BCUT2D eigenvalue weighted by Gasteiger charge is 2.23. The molecule has 1 saturated heterocycles. The number of hydrogen-bond acceptors (Lipinski definition) is 4. The van der Waals surface area contributed by atoms with Crippen molar-refractivity contribution in [2.75, 3.05) is 25.0 Å². The monoisotopic (exact) mass is 276 g/mol. The molecule has 1 aromatic rings. The first-order valence-electron chi connectivity index (χ1n) is 7.57. The van der Waals surface area contributed by atoms with E-state index in [-0.39, 0.29) is 5.91 Å². The average molecular weight is 276 g/mol. The highest BCUT2D eigenvalue weighted by molar-refractivity contribution is 5.92. The second kappa shape index (κ2) is 7.22. The fourth-order valence-electron chi connectivity index (χ4n) is 2.48. The molecule has 1 fully saturated rings. The van der Waals surface area contributed by atoms with Gasteiger partial charge in [-0.15, -0.1) is 0 Å². The van der Waals surface area contributed by atoms with Gasteiger partial charge in [-0.05, 0) is 31.2 Å². The van der Waals surface area contributed by atoms with Crippen molar-refractivity contribution in [2.45, 2.75) is 39.5 Å². The number of aromatic nitrogens is 2. The van der Waals surface area contributed by atoms with Gasteiger partial charge in [-0.1, -0.05) is 20.3 Å². The van der Waals surface area contributed by atoms with Crippen LogP contribution in [0.3, 0.4) is 0 Å². The minimum absolute atomic E-state index is 0.0255. The number of carbonyl (C=O) groups excluding carboxylic acids is 1. The van der Waals surface area contributed by atoms with Crippen LogP contribution in [-0.2, 0) is 0 Å². The molecule has 1 aliphatic rings. The van der Waals surface area contributed by atoms with Crippen LogP contribution in [0.1, 0.15) is 50.0 Å². The van der Waals surface area contributed by atoms with Crippen molar-refractivity contribution in [3.8, 4) is 0 Å². The molecular weight excluding hydrogens is 252 g/mol. The van der Waals surface area contributed by atoms with Gasteiger partial charge in [0.2, 0.25) is 5.95 Å². The molecule has 2 rings (SSSR count). The lowest BCUT2D eigenvalue weighted by atomic mass is 10.00. The summed E-state index contributed by atoms with van der Waals surface area (Å²) in [5, 5.41) is 3.16. The molecule has 110 valence electrons. The molecule has 5 heteroatoms. The Balaban J connectivity index is 2.00. The molecule has 1 amide bonds. The van der Waals surface area contributed by atoms with Crippen LogP contribution in [0.5, 0.6) is 0 Å². The Bertz CT molecular complexity index is 449. The number of amides is 1. The molecule has 1 unspecified atom stereocenters. The van der Waals surface area contributed by atoms with Crippen molar-refractivity contribution in [3.63, 3.8) is 0 Å². The Kier molecular flexibility index (Phi) is 5.32. The first-order valence-corrected chi connectivity index (χ1v) is 7.57. The lowest BCUT2D eigenvalue weighted by Gasteiger charge is -2.30. The molecular formula is C15H24N4O. The first-order chi connectivity index (χ1) is 9.70. The van der Waals surface area contributed by atoms with Crippen molar-refractivity contribution in [1.82, 2.24) is 14.9 Å². The maximum absolute atomic E-state index is 12.4. The van der Waals surface area contributed by atoms with E-state index in [1.54, 1.807) is 12.3 Å². The molecule has 0 aromatic carbocycles. The van der Waals surface area contributed by atoms with Gasteiger partial charge >= 0.3 is 0 Å². The fourth-order valence-corrected chi connectivity index (χ4v) is 2.48. The van der Waals surface area contributed by atoms with Crippen molar-refractivity contribution in [2.24, 2.45) is 5.92 Å². The molecule has 20 heavy (non-hydrogen) atoms. The van der Waals surface area contributed by atoms with Crippen molar-refractivity contribution in [3.05, 3.63) is 18.0 Å². The maximum atomic E-state index is 12.4. The molecule has 0 aliphatic carbocycles. The Labute approximate surface area is 120 Å².